The number of fused-ring (bicyclic) bond motifs is 1. The number of ether oxygens (including phenoxy) is 1. The number of carboxylic acids is 1. The van der Waals surface area contributed by atoms with Gasteiger partial charge in [-0.25, -0.2) is 9.31 Å². The van der Waals surface area contributed by atoms with E-state index in [0.717, 1.165) is 11.1 Å². The van der Waals surface area contributed by atoms with Gasteiger partial charge in [0.05, 0.1) is 11.8 Å². The van der Waals surface area contributed by atoms with Gasteiger partial charge in [0.25, 0.3) is 0 Å². The summed E-state index contributed by atoms with van der Waals surface area (Å²) in [5.41, 5.74) is 1.90. The van der Waals surface area contributed by atoms with Gasteiger partial charge in [-0.15, -0.1) is 0 Å². The molecule has 5 heteroatoms. The third kappa shape index (κ3) is 2.33. The summed E-state index contributed by atoms with van der Waals surface area (Å²) in [6.45, 7) is 0.380. The second-order valence-electron chi connectivity index (χ2n) is 4.33. The van der Waals surface area contributed by atoms with Gasteiger partial charge in [0, 0.05) is 6.20 Å². The smallest absolute Gasteiger partial charge is 0.337 e. The Bertz CT molecular complexity index is 750. The molecule has 0 radical (unpaired) electrons. The highest BCUT2D eigenvalue weighted by molar-refractivity contribution is 5.88. The van der Waals surface area contributed by atoms with Crippen LogP contribution in [-0.2, 0) is 6.61 Å². The summed E-state index contributed by atoms with van der Waals surface area (Å²) < 4.78 is 7.23. The number of carboxylic acid groups (broad SMARTS) is 1. The van der Waals surface area contributed by atoms with E-state index in [1.165, 1.54) is 16.8 Å². The zero-order valence-corrected chi connectivity index (χ0v) is 10.6. The van der Waals surface area contributed by atoms with Crippen LogP contribution in [0.2, 0.25) is 0 Å². The third-order valence-electron chi connectivity index (χ3n) is 2.95. The number of benzene rings is 1. The van der Waals surface area contributed by atoms with Gasteiger partial charge in [-0.2, -0.15) is 5.10 Å². The van der Waals surface area contributed by atoms with E-state index in [9.17, 15) is 4.79 Å². The van der Waals surface area contributed by atoms with Crippen LogP contribution in [0.5, 0.6) is 5.75 Å². The molecule has 20 heavy (non-hydrogen) atoms. The minimum Gasteiger partial charge on any atom is -0.487 e. The van der Waals surface area contributed by atoms with Crippen LogP contribution >= 0.6 is 0 Å². The van der Waals surface area contributed by atoms with Crippen molar-refractivity contribution < 1.29 is 14.6 Å². The maximum Gasteiger partial charge on any atom is 0.337 e. The van der Waals surface area contributed by atoms with E-state index in [0.29, 0.717) is 12.4 Å². The highest BCUT2D eigenvalue weighted by atomic mass is 16.5. The van der Waals surface area contributed by atoms with Crippen molar-refractivity contribution in [3.63, 3.8) is 0 Å². The summed E-state index contributed by atoms with van der Waals surface area (Å²) in [5, 5.41) is 13.1. The van der Waals surface area contributed by atoms with Crippen LogP contribution in [0.15, 0.2) is 54.9 Å². The van der Waals surface area contributed by atoms with E-state index in [1.54, 1.807) is 12.3 Å². The molecule has 3 aromatic rings. The largest absolute Gasteiger partial charge is 0.487 e. The van der Waals surface area contributed by atoms with Crippen molar-refractivity contribution in [1.29, 1.82) is 0 Å². The number of carbonyl (C=O) groups is 1. The van der Waals surface area contributed by atoms with Gasteiger partial charge < -0.3 is 9.84 Å². The molecule has 0 spiro atoms. The lowest BCUT2D eigenvalue weighted by Gasteiger charge is -2.09. The maximum atomic E-state index is 11.1. The fourth-order valence-corrected chi connectivity index (χ4v) is 1.96. The van der Waals surface area contributed by atoms with Crippen LogP contribution in [-0.4, -0.2) is 20.7 Å². The quantitative estimate of drug-likeness (QED) is 0.790. The molecule has 0 aliphatic heterocycles. The van der Waals surface area contributed by atoms with Gasteiger partial charge in [0.15, 0.2) is 0 Å². The van der Waals surface area contributed by atoms with Gasteiger partial charge in [-0.1, -0.05) is 30.3 Å². The van der Waals surface area contributed by atoms with Crippen molar-refractivity contribution >= 4 is 11.5 Å². The third-order valence-corrected chi connectivity index (χ3v) is 2.95. The Kier molecular flexibility index (Phi) is 3.09. The molecule has 0 aliphatic carbocycles. The standard InChI is InChI=1S/C15H12N2O3/c18-15(19)12-8-14(13-6-7-16-17(13)9-12)20-10-11-4-2-1-3-5-11/h1-9H,10H2,(H,18,19). The normalized spacial score (nSPS) is 10.6. The fourth-order valence-electron chi connectivity index (χ4n) is 1.96. The zero-order chi connectivity index (χ0) is 13.9. The van der Waals surface area contributed by atoms with Crippen molar-refractivity contribution in [3.05, 3.63) is 66.0 Å². The zero-order valence-electron chi connectivity index (χ0n) is 10.6. The van der Waals surface area contributed by atoms with Crippen molar-refractivity contribution in [2.75, 3.05) is 0 Å². The second kappa shape index (κ2) is 5.05. The summed E-state index contributed by atoms with van der Waals surface area (Å²) in [6, 6.07) is 13.0. The Labute approximate surface area is 115 Å². The molecule has 0 amide bonds. The molecule has 1 aromatic carbocycles. The monoisotopic (exact) mass is 268 g/mol. The van der Waals surface area contributed by atoms with Crippen molar-refractivity contribution in [2.24, 2.45) is 0 Å². The lowest BCUT2D eigenvalue weighted by atomic mass is 10.2. The molecule has 0 saturated heterocycles. The first-order valence-electron chi connectivity index (χ1n) is 6.11. The Morgan fingerprint density at radius 2 is 2.05 bits per heavy atom. The SMILES string of the molecule is O=C(O)c1cc(OCc2ccccc2)c2ccnn2c1. The number of rotatable bonds is 4. The van der Waals surface area contributed by atoms with Gasteiger partial charge in [-0.05, 0) is 17.7 Å². The number of aromatic carboxylic acids is 1. The summed E-state index contributed by atoms with van der Waals surface area (Å²) >= 11 is 0. The molecule has 0 fully saturated rings. The van der Waals surface area contributed by atoms with Crippen LogP contribution < -0.4 is 4.74 Å². The molecule has 0 unspecified atom stereocenters. The molecule has 2 heterocycles. The number of nitrogens with zero attached hydrogens (tertiary/aromatic N) is 2. The van der Waals surface area contributed by atoms with Gasteiger partial charge in [0.1, 0.15) is 17.9 Å². The van der Waals surface area contributed by atoms with E-state index in [-0.39, 0.29) is 5.56 Å². The lowest BCUT2D eigenvalue weighted by Crippen LogP contribution is -2.03. The maximum absolute atomic E-state index is 11.1. The molecule has 3 rings (SSSR count). The average Bonchev–Trinajstić information content (AvgIpc) is 2.94. The first kappa shape index (κ1) is 12.2. The second-order valence-corrected chi connectivity index (χ2v) is 4.33. The Hall–Kier alpha value is -2.82. The van der Waals surface area contributed by atoms with Gasteiger partial charge in [-0.3, -0.25) is 0 Å². The molecule has 0 atom stereocenters. The molecular weight excluding hydrogens is 256 g/mol. The molecule has 5 nitrogen and oxygen atoms in total. The summed E-state index contributed by atoms with van der Waals surface area (Å²) in [5.74, 6) is -0.502. The molecule has 1 N–H and O–H groups in total. The van der Waals surface area contributed by atoms with E-state index in [4.69, 9.17) is 9.84 Å². The average molecular weight is 268 g/mol. The van der Waals surface area contributed by atoms with Crippen LogP contribution in [0.1, 0.15) is 15.9 Å². The molecule has 2 aromatic heterocycles. The first-order chi connectivity index (χ1) is 9.74. The minimum absolute atomic E-state index is 0.143. The first-order valence-corrected chi connectivity index (χ1v) is 6.11. The van der Waals surface area contributed by atoms with E-state index in [2.05, 4.69) is 5.10 Å². The topological polar surface area (TPSA) is 63.8 Å². The van der Waals surface area contributed by atoms with E-state index >= 15 is 0 Å². The predicted molar refractivity (Wildman–Crippen MR) is 72.9 cm³/mol. The fraction of sp³-hybridized carbons (Fsp3) is 0.0667. The van der Waals surface area contributed by atoms with Crippen LogP contribution in [0, 0.1) is 0 Å². The van der Waals surface area contributed by atoms with Crippen molar-refractivity contribution in [3.8, 4) is 5.75 Å². The predicted octanol–water partition coefficient (Wildman–Crippen LogP) is 2.61. The lowest BCUT2D eigenvalue weighted by molar-refractivity contribution is 0.0695. The molecule has 0 aliphatic rings. The highest BCUT2D eigenvalue weighted by Crippen LogP contribution is 2.22. The van der Waals surface area contributed by atoms with Crippen LogP contribution in [0.25, 0.3) is 5.52 Å². The Balaban J connectivity index is 1.93. The molecule has 100 valence electrons. The van der Waals surface area contributed by atoms with Gasteiger partial charge in [0.2, 0.25) is 0 Å². The van der Waals surface area contributed by atoms with Crippen molar-refractivity contribution in [1.82, 2.24) is 9.61 Å². The van der Waals surface area contributed by atoms with Crippen LogP contribution in [0.3, 0.4) is 0 Å². The Morgan fingerprint density at radius 1 is 1.25 bits per heavy atom. The van der Waals surface area contributed by atoms with Gasteiger partial charge >= 0.3 is 5.97 Å². The highest BCUT2D eigenvalue weighted by Gasteiger charge is 2.11. The van der Waals surface area contributed by atoms with Crippen molar-refractivity contribution in [2.45, 2.75) is 6.61 Å². The molecule has 0 bridgehead atoms. The number of hydrogen-bond donors (Lipinski definition) is 1. The Morgan fingerprint density at radius 3 is 2.80 bits per heavy atom. The van der Waals surface area contributed by atoms with E-state index < -0.39 is 5.97 Å². The minimum atomic E-state index is -1.01. The molecule has 0 saturated carbocycles. The number of hydrogen-bond acceptors (Lipinski definition) is 3. The summed E-state index contributed by atoms with van der Waals surface area (Å²) in [4.78, 5) is 11.1. The summed E-state index contributed by atoms with van der Waals surface area (Å²) in [7, 11) is 0. The molecular formula is C15H12N2O3. The van der Waals surface area contributed by atoms with E-state index in [1.807, 2.05) is 30.3 Å². The number of aromatic nitrogens is 2. The number of pyridine rings is 1. The van der Waals surface area contributed by atoms with Crippen LogP contribution in [0.4, 0.5) is 0 Å². The summed E-state index contributed by atoms with van der Waals surface area (Å²) in [6.07, 6.45) is 3.07.